The third kappa shape index (κ3) is 1.54. The molecule has 1 aromatic carbocycles. The molecule has 0 saturated heterocycles. The Bertz CT molecular complexity index is 459. The second-order valence-corrected chi connectivity index (χ2v) is 4.94. The van der Waals surface area contributed by atoms with Crippen molar-refractivity contribution in [2.24, 2.45) is 0 Å². The number of benzene rings is 1. The Balaban J connectivity index is 2.66. The zero-order valence-corrected chi connectivity index (χ0v) is 11.0. The van der Waals surface area contributed by atoms with Gasteiger partial charge < -0.3 is 0 Å². The number of carbonyl (C=O) groups excluding carboxylic acids is 2. The van der Waals surface area contributed by atoms with Crippen molar-refractivity contribution in [1.29, 1.82) is 0 Å². The molecule has 0 radical (unpaired) electrons. The van der Waals surface area contributed by atoms with Crippen molar-refractivity contribution in [2.45, 2.75) is 11.9 Å². The summed E-state index contributed by atoms with van der Waals surface area (Å²) in [5, 5.41) is 0. The highest BCUT2D eigenvalue weighted by molar-refractivity contribution is 9.10. The van der Waals surface area contributed by atoms with Crippen LogP contribution in [0.25, 0.3) is 0 Å². The molecule has 78 valence electrons. The predicted molar refractivity (Wildman–Crippen MR) is 64.3 cm³/mol. The maximum Gasteiger partial charge on any atom is 0.225 e. The highest BCUT2D eigenvalue weighted by Crippen LogP contribution is 2.38. The number of amides is 1. The first-order chi connectivity index (χ1) is 7.04. The monoisotopic (exact) mass is 331 g/mol. The van der Waals surface area contributed by atoms with Gasteiger partial charge in [-0.15, -0.1) is 0 Å². The number of anilines is 1. The lowest BCUT2D eigenvalue weighted by molar-refractivity contribution is -0.116. The molecule has 1 heterocycles. The fourth-order valence-electron chi connectivity index (χ4n) is 1.65. The Hall–Kier alpha value is -0.680. The second-order valence-electron chi connectivity index (χ2n) is 3.22. The van der Waals surface area contributed by atoms with E-state index in [1.807, 2.05) is 0 Å². The lowest BCUT2D eigenvalue weighted by Crippen LogP contribution is -2.34. The number of hydrogen-bond donors (Lipinski definition) is 0. The van der Waals surface area contributed by atoms with Gasteiger partial charge in [-0.05, 0) is 28.1 Å². The Morgan fingerprint density at radius 3 is 2.73 bits per heavy atom. The molecule has 0 aromatic heterocycles. The van der Waals surface area contributed by atoms with Crippen LogP contribution in [0.3, 0.4) is 0 Å². The van der Waals surface area contributed by atoms with E-state index in [0.29, 0.717) is 11.3 Å². The highest BCUT2D eigenvalue weighted by atomic mass is 79.9. The summed E-state index contributed by atoms with van der Waals surface area (Å²) in [5.41, 5.74) is 1.22. The first-order valence-electron chi connectivity index (χ1n) is 4.30. The number of halogens is 2. The number of nitrogens with zero attached hydrogens (tertiary/aromatic N) is 1. The van der Waals surface area contributed by atoms with Crippen LogP contribution in [0.1, 0.15) is 17.3 Å². The van der Waals surface area contributed by atoms with Crippen LogP contribution in [-0.4, -0.2) is 16.6 Å². The van der Waals surface area contributed by atoms with Crippen LogP contribution in [-0.2, 0) is 4.79 Å². The lowest BCUT2D eigenvalue weighted by atomic mass is 10.1. The van der Waals surface area contributed by atoms with Crippen LogP contribution in [0.4, 0.5) is 5.69 Å². The van der Waals surface area contributed by atoms with Crippen LogP contribution in [0.5, 0.6) is 0 Å². The normalized spacial score (nSPS) is 19.3. The molecule has 0 saturated carbocycles. The van der Waals surface area contributed by atoms with Crippen molar-refractivity contribution in [3.63, 3.8) is 0 Å². The van der Waals surface area contributed by atoms with E-state index in [1.165, 1.54) is 11.8 Å². The number of alkyl halides is 1. The summed E-state index contributed by atoms with van der Waals surface area (Å²) in [6, 6.07) is 5.36. The molecule has 0 N–H and O–H groups in total. The molecule has 1 atom stereocenters. The molecule has 5 heteroatoms. The van der Waals surface area contributed by atoms with Crippen LogP contribution >= 0.6 is 31.9 Å². The molecule has 1 aliphatic rings. The van der Waals surface area contributed by atoms with Gasteiger partial charge in [-0.25, -0.2) is 0 Å². The molecule has 1 unspecified atom stereocenters. The molecule has 0 bridgehead atoms. The molecule has 3 nitrogen and oxygen atoms in total. The van der Waals surface area contributed by atoms with E-state index < -0.39 is 4.95 Å². The average molecular weight is 333 g/mol. The van der Waals surface area contributed by atoms with Gasteiger partial charge in [-0.2, -0.15) is 0 Å². The van der Waals surface area contributed by atoms with E-state index in [-0.39, 0.29) is 11.7 Å². The number of Topliss-reactive ketones (excluding diaryl/α,β-unsaturated/α-hetero) is 1. The maximum absolute atomic E-state index is 11.9. The van der Waals surface area contributed by atoms with E-state index in [1.54, 1.807) is 18.2 Å². The zero-order valence-electron chi connectivity index (χ0n) is 7.83. The molecule has 1 aromatic rings. The largest absolute Gasteiger partial charge is 0.291 e. The van der Waals surface area contributed by atoms with Gasteiger partial charge in [0.2, 0.25) is 5.91 Å². The predicted octanol–water partition coefficient (Wildman–Crippen LogP) is 2.72. The molecule has 2 rings (SSSR count). The van der Waals surface area contributed by atoms with E-state index in [9.17, 15) is 9.59 Å². The third-order valence-corrected chi connectivity index (χ3v) is 3.77. The maximum atomic E-state index is 11.9. The quantitative estimate of drug-likeness (QED) is 0.541. The summed E-state index contributed by atoms with van der Waals surface area (Å²) in [5.74, 6) is -0.241. The van der Waals surface area contributed by atoms with Crippen molar-refractivity contribution in [2.75, 3.05) is 4.90 Å². The van der Waals surface area contributed by atoms with E-state index >= 15 is 0 Å². The van der Waals surface area contributed by atoms with E-state index in [2.05, 4.69) is 31.9 Å². The van der Waals surface area contributed by atoms with Crippen molar-refractivity contribution < 1.29 is 9.59 Å². The van der Waals surface area contributed by atoms with Crippen molar-refractivity contribution in [3.8, 4) is 0 Å². The van der Waals surface area contributed by atoms with Gasteiger partial charge in [0, 0.05) is 11.4 Å². The van der Waals surface area contributed by atoms with Gasteiger partial charge in [-0.3, -0.25) is 14.5 Å². The number of fused-ring (bicyclic) bond motifs is 1. The average Bonchev–Trinajstić information content (AvgIpc) is 2.41. The van der Waals surface area contributed by atoms with Crippen molar-refractivity contribution in [3.05, 3.63) is 28.2 Å². The van der Waals surface area contributed by atoms with Gasteiger partial charge in [-0.1, -0.05) is 22.0 Å². The molecule has 15 heavy (non-hydrogen) atoms. The van der Waals surface area contributed by atoms with Gasteiger partial charge in [0.15, 0.2) is 10.7 Å². The number of hydrogen-bond acceptors (Lipinski definition) is 2. The van der Waals surface area contributed by atoms with Crippen LogP contribution in [0, 0.1) is 0 Å². The van der Waals surface area contributed by atoms with E-state index in [4.69, 9.17) is 0 Å². The second kappa shape index (κ2) is 3.72. The minimum atomic E-state index is -0.580. The lowest BCUT2D eigenvalue weighted by Gasteiger charge is -2.17. The summed E-state index contributed by atoms with van der Waals surface area (Å²) in [6.07, 6.45) is 0. The Morgan fingerprint density at radius 2 is 2.13 bits per heavy atom. The minimum Gasteiger partial charge on any atom is -0.291 e. The molecular formula is C10H7Br2NO2. The first kappa shape index (κ1) is 10.8. The fraction of sp³-hybridized carbons (Fsp3) is 0.200. The molecule has 1 aliphatic heterocycles. The van der Waals surface area contributed by atoms with Gasteiger partial charge >= 0.3 is 0 Å². The van der Waals surface area contributed by atoms with Crippen LogP contribution in [0.15, 0.2) is 22.7 Å². The smallest absolute Gasteiger partial charge is 0.225 e. The number of carbonyl (C=O) groups is 2. The van der Waals surface area contributed by atoms with Crippen molar-refractivity contribution >= 4 is 49.2 Å². The summed E-state index contributed by atoms with van der Waals surface area (Å²) >= 11 is 6.53. The molecule has 0 aliphatic carbocycles. The molecule has 1 amide bonds. The third-order valence-electron chi connectivity index (χ3n) is 2.28. The van der Waals surface area contributed by atoms with Crippen molar-refractivity contribution in [1.82, 2.24) is 0 Å². The summed E-state index contributed by atoms with van der Waals surface area (Å²) in [6.45, 7) is 1.44. The topological polar surface area (TPSA) is 37.4 Å². The fourth-order valence-corrected chi connectivity index (χ4v) is 2.93. The summed E-state index contributed by atoms with van der Waals surface area (Å²) in [7, 11) is 0. The summed E-state index contributed by atoms with van der Waals surface area (Å²) in [4.78, 5) is 24.1. The molecule has 0 fully saturated rings. The number of ketones is 1. The first-order valence-corrected chi connectivity index (χ1v) is 6.01. The Labute approximate surface area is 104 Å². The van der Waals surface area contributed by atoms with E-state index in [0.717, 1.165) is 4.47 Å². The SMILES string of the molecule is CC(=O)N1c2cccc(Br)c2C(=O)C1Br. The minimum absolute atomic E-state index is 0.0901. The van der Waals surface area contributed by atoms with Gasteiger partial charge in [0.25, 0.3) is 0 Å². The summed E-state index contributed by atoms with van der Waals surface area (Å²) < 4.78 is 0.721. The standard InChI is InChI=1S/C10H7Br2NO2/c1-5(14)13-7-4-2-3-6(11)8(7)9(15)10(13)12/h2-4,10H,1H3. The Morgan fingerprint density at radius 1 is 1.47 bits per heavy atom. The highest BCUT2D eigenvalue weighted by Gasteiger charge is 2.38. The Kier molecular flexibility index (Phi) is 2.68. The van der Waals surface area contributed by atoms with Crippen LogP contribution < -0.4 is 4.90 Å². The van der Waals surface area contributed by atoms with Gasteiger partial charge in [0.05, 0.1) is 11.3 Å². The van der Waals surface area contributed by atoms with Crippen LogP contribution in [0.2, 0.25) is 0 Å². The number of rotatable bonds is 0. The van der Waals surface area contributed by atoms with Gasteiger partial charge in [0.1, 0.15) is 0 Å². The molecule has 0 spiro atoms. The zero-order chi connectivity index (χ0) is 11.2. The molecular weight excluding hydrogens is 326 g/mol.